The summed E-state index contributed by atoms with van der Waals surface area (Å²) in [7, 11) is -4.50. The Morgan fingerprint density at radius 2 is 1.86 bits per heavy atom. The lowest BCUT2D eigenvalue weighted by Crippen LogP contribution is -2.40. The molecule has 0 bridgehead atoms. The quantitative estimate of drug-likeness (QED) is 0.498. The third-order valence-electron chi connectivity index (χ3n) is 3.78. The number of ether oxygens (including phenoxy) is 1. The molecular formula is C18H13ClN2O6S. The van der Waals surface area contributed by atoms with Crippen molar-refractivity contribution in [3.8, 4) is 0 Å². The van der Waals surface area contributed by atoms with Crippen molar-refractivity contribution in [2.24, 2.45) is 0 Å². The number of H-pyrrole nitrogens is 1. The predicted molar refractivity (Wildman–Crippen MR) is 103 cm³/mol. The second-order valence-electron chi connectivity index (χ2n) is 5.61. The summed E-state index contributed by atoms with van der Waals surface area (Å²) in [6.45, 7) is 3.43. The molecule has 0 aliphatic carbocycles. The summed E-state index contributed by atoms with van der Waals surface area (Å²) in [6.07, 6.45) is 1.39. The molecule has 0 saturated carbocycles. The lowest BCUT2D eigenvalue weighted by atomic mass is 10.2. The fourth-order valence-corrected chi connectivity index (χ4v) is 3.92. The molecule has 144 valence electrons. The van der Waals surface area contributed by atoms with E-state index in [1.54, 1.807) is 0 Å². The molecule has 0 aliphatic heterocycles. The molecule has 2 aromatic carbocycles. The van der Waals surface area contributed by atoms with Crippen LogP contribution >= 0.6 is 11.6 Å². The zero-order valence-corrected chi connectivity index (χ0v) is 15.8. The molecule has 0 amide bonds. The highest BCUT2D eigenvalue weighted by Gasteiger charge is 2.23. The molecule has 0 fully saturated rings. The molecule has 1 N–H and O–H groups in total. The minimum absolute atomic E-state index is 0.00472. The van der Waals surface area contributed by atoms with Gasteiger partial charge in [-0.1, -0.05) is 24.3 Å². The number of rotatable bonds is 5. The first-order valence-corrected chi connectivity index (χ1v) is 9.66. The van der Waals surface area contributed by atoms with Gasteiger partial charge in [-0.2, -0.15) is 0 Å². The van der Waals surface area contributed by atoms with E-state index in [4.69, 9.17) is 16.3 Å². The van der Waals surface area contributed by atoms with Crippen LogP contribution in [0.2, 0.25) is 5.02 Å². The van der Waals surface area contributed by atoms with Gasteiger partial charge in [0, 0.05) is 5.02 Å². The molecular weight excluding hydrogens is 408 g/mol. The molecule has 3 aromatic rings. The van der Waals surface area contributed by atoms with Crippen LogP contribution in [0, 0.1) is 0 Å². The second-order valence-corrected chi connectivity index (χ2v) is 7.83. The maximum atomic E-state index is 12.8. The average molecular weight is 421 g/mol. The molecule has 0 unspecified atom stereocenters. The summed E-state index contributed by atoms with van der Waals surface area (Å²) < 4.78 is 30.6. The maximum absolute atomic E-state index is 12.8. The standard InChI is InChI=1S/C18H13ClN2O6S/c1-2-9-27-17(23)11-3-6-13(7-4-11)28(25,26)21-16(22)14-8-5-12(19)10-15(14)20-18(21)24/h2-8,10H,1,9H2,(H,20,24). The minimum Gasteiger partial charge on any atom is -0.458 e. The molecule has 3 rings (SSSR count). The molecule has 0 spiro atoms. The smallest absolute Gasteiger partial charge is 0.343 e. The van der Waals surface area contributed by atoms with Crippen molar-refractivity contribution < 1.29 is 17.9 Å². The van der Waals surface area contributed by atoms with Gasteiger partial charge in [-0.3, -0.25) is 4.79 Å². The zero-order chi connectivity index (χ0) is 20.5. The van der Waals surface area contributed by atoms with Crippen LogP contribution in [0.5, 0.6) is 0 Å². The van der Waals surface area contributed by atoms with Gasteiger partial charge in [0.2, 0.25) is 0 Å². The summed E-state index contributed by atoms with van der Waals surface area (Å²) in [5, 5.41) is 0.263. The second kappa shape index (κ2) is 7.45. The zero-order valence-electron chi connectivity index (χ0n) is 14.2. The first-order chi connectivity index (χ1) is 13.3. The molecule has 10 heteroatoms. The Morgan fingerprint density at radius 3 is 2.50 bits per heavy atom. The van der Waals surface area contributed by atoms with Crippen LogP contribution < -0.4 is 11.2 Å². The summed E-state index contributed by atoms with van der Waals surface area (Å²) >= 11 is 5.83. The number of nitrogens with zero attached hydrogens (tertiary/aromatic N) is 1. The van der Waals surface area contributed by atoms with Crippen LogP contribution in [0.25, 0.3) is 10.9 Å². The van der Waals surface area contributed by atoms with E-state index in [0.717, 1.165) is 12.1 Å². The van der Waals surface area contributed by atoms with E-state index in [-0.39, 0.29) is 37.0 Å². The van der Waals surface area contributed by atoms with E-state index in [0.29, 0.717) is 0 Å². The molecule has 8 nitrogen and oxygen atoms in total. The number of halogens is 1. The van der Waals surface area contributed by atoms with Crippen LogP contribution in [-0.2, 0) is 14.8 Å². The SMILES string of the molecule is C=CCOC(=O)c1ccc(S(=O)(=O)n2c(=O)[nH]c3cc(Cl)ccc3c2=O)cc1. The van der Waals surface area contributed by atoms with E-state index < -0.39 is 27.2 Å². The highest BCUT2D eigenvalue weighted by molar-refractivity contribution is 7.90. The van der Waals surface area contributed by atoms with Gasteiger partial charge in [-0.15, -0.1) is 3.97 Å². The number of benzene rings is 2. The van der Waals surface area contributed by atoms with Gasteiger partial charge in [-0.05, 0) is 42.5 Å². The number of hydrogen-bond acceptors (Lipinski definition) is 6. The normalized spacial score (nSPS) is 11.3. The molecule has 0 saturated heterocycles. The number of carbonyl (C=O) groups excluding carboxylic acids is 1. The monoisotopic (exact) mass is 420 g/mol. The highest BCUT2D eigenvalue weighted by Crippen LogP contribution is 2.16. The van der Waals surface area contributed by atoms with Crippen molar-refractivity contribution in [2.45, 2.75) is 4.90 Å². The van der Waals surface area contributed by atoms with Gasteiger partial charge in [0.15, 0.2) is 0 Å². The number of fused-ring (bicyclic) bond motifs is 1. The number of aromatic nitrogens is 2. The summed E-state index contributed by atoms with van der Waals surface area (Å²) in [4.78, 5) is 38.7. The summed E-state index contributed by atoms with van der Waals surface area (Å²) in [6, 6.07) is 8.73. The molecule has 0 aliphatic rings. The Morgan fingerprint density at radius 1 is 1.18 bits per heavy atom. The molecule has 0 radical (unpaired) electrons. The van der Waals surface area contributed by atoms with Crippen molar-refractivity contribution in [2.75, 3.05) is 6.61 Å². The van der Waals surface area contributed by atoms with E-state index in [2.05, 4.69) is 11.6 Å². The Labute approximate surface area is 163 Å². The Balaban J connectivity index is 2.10. The van der Waals surface area contributed by atoms with Crippen molar-refractivity contribution in [1.29, 1.82) is 0 Å². The third-order valence-corrected chi connectivity index (χ3v) is 5.70. The largest absolute Gasteiger partial charge is 0.458 e. The van der Waals surface area contributed by atoms with E-state index >= 15 is 0 Å². The van der Waals surface area contributed by atoms with Crippen molar-refractivity contribution >= 4 is 38.5 Å². The van der Waals surface area contributed by atoms with Gasteiger partial charge in [0.1, 0.15) is 6.61 Å². The number of hydrogen-bond donors (Lipinski definition) is 1. The van der Waals surface area contributed by atoms with Crippen LogP contribution in [0.1, 0.15) is 10.4 Å². The topological polar surface area (TPSA) is 115 Å². The van der Waals surface area contributed by atoms with Crippen LogP contribution in [0.3, 0.4) is 0 Å². The molecule has 0 atom stereocenters. The van der Waals surface area contributed by atoms with Gasteiger partial charge in [0.05, 0.1) is 21.4 Å². The number of aromatic amines is 1. The predicted octanol–water partition coefficient (Wildman–Crippen LogP) is 1.92. The van der Waals surface area contributed by atoms with Gasteiger partial charge < -0.3 is 9.72 Å². The van der Waals surface area contributed by atoms with Gasteiger partial charge in [0.25, 0.3) is 15.6 Å². The van der Waals surface area contributed by atoms with Crippen molar-refractivity contribution in [3.63, 3.8) is 0 Å². The Hall–Kier alpha value is -3.17. The van der Waals surface area contributed by atoms with E-state index in [1.807, 2.05) is 0 Å². The fourth-order valence-electron chi connectivity index (χ4n) is 2.48. The third kappa shape index (κ3) is 3.49. The molecule has 28 heavy (non-hydrogen) atoms. The van der Waals surface area contributed by atoms with Crippen molar-refractivity contribution in [1.82, 2.24) is 8.96 Å². The fraction of sp³-hybridized carbons (Fsp3) is 0.0556. The molecule has 1 aromatic heterocycles. The van der Waals surface area contributed by atoms with Crippen LogP contribution in [0.15, 0.2) is 69.6 Å². The van der Waals surface area contributed by atoms with Gasteiger partial charge in [-0.25, -0.2) is 18.0 Å². The number of nitrogens with one attached hydrogen (secondary N) is 1. The lowest BCUT2D eigenvalue weighted by molar-refractivity contribution is 0.0549. The summed E-state index contributed by atoms with van der Waals surface area (Å²) in [5.74, 6) is -0.665. The number of esters is 1. The van der Waals surface area contributed by atoms with Crippen LogP contribution in [-0.4, -0.2) is 30.0 Å². The molecule has 1 heterocycles. The Bertz CT molecular complexity index is 1310. The van der Waals surface area contributed by atoms with Gasteiger partial charge >= 0.3 is 11.7 Å². The summed E-state index contributed by atoms with van der Waals surface area (Å²) in [5.41, 5.74) is -1.91. The van der Waals surface area contributed by atoms with Crippen molar-refractivity contribution in [3.05, 3.63) is 86.5 Å². The number of carbonyl (C=O) groups is 1. The minimum atomic E-state index is -4.50. The van der Waals surface area contributed by atoms with Crippen LogP contribution in [0.4, 0.5) is 0 Å². The average Bonchev–Trinajstić information content (AvgIpc) is 2.65. The van der Waals surface area contributed by atoms with E-state index in [9.17, 15) is 22.8 Å². The first-order valence-electron chi connectivity index (χ1n) is 7.84. The lowest BCUT2D eigenvalue weighted by Gasteiger charge is -2.09. The highest BCUT2D eigenvalue weighted by atomic mass is 35.5. The van der Waals surface area contributed by atoms with E-state index in [1.165, 1.54) is 36.4 Å². The Kier molecular flexibility index (Phi) is 5.21. The first kappa shape index (κ1) is 19.6. The maximum Gasteiger partial charge on any atom is 0.343 e.